The van der Waals surface area contributed by atoms with Gasteiger partial charge in [-0.2, -0.15) is 0 Å². The van der Waals surface area contributed by atoms with Gasteiger partial charge in [0.1, 0.15) is 5.75 Å². The average Bonchev–Trinajstić information content (AvgIpc) is 2.49. The van der Waals surface area contributed by atoms with Crippen molar-refractivity contribution in [1.29, 1.82) is 0 Å². The third-order valence-corrected chi connectivity index (χ3v) is 4.35. The molecule has 0 radical (unpaired) electrons. The molecule has 3 aliphatic rings. The van der Waals surface area contributed by atoms with Crippen molar-refractivity contribution in [2.45, 2.75) is 12.1 Å². The second-order valence-corrected chi connectivity index (χ2v) is 5.33. The van der Waals surface area contributed by atoms with Gasteiger partial charge in [-0.25, -0.2) is 0 Å². The van der Waals surface area contributed by atoms with E-state index in [1.807, 2.05) is 13.2 Å². The van der Waals surface area contributed by atoms with Crippen LogP contribution in [0.25, 0.3) is 0 Å². The Hall–Kier alpha value is -1.17. The number of likely N-dealkylation sites (N-methyl/N-ethyl adjacent to an activating group) is 1. The number of nitrogens with one attached hydrogen (secondary N) is 1. The Morgan fingerprint density at radius 2 is 2.11 bits per heavy atom. The van der Waals surface area contributed by atoms with E-state index in [0.717, 1.165) is 12.3 Å². The minimum Gasteiger partial charge on any atom is -0.495 e. The Labute approximate surface area is 114 Å². The van der Waals surface area contributed by atoms with E-state index in [-0.39, 0.29) is 0 Å². The number of nitrogens with zero attached hydrogens (tertiary/aromatic N) is 3. The molecule has 2 unspecified atom stereocenters. The van der Waals surface area contributed by atoms with E-state index >= 15 is 0 Å². The molecule has 3 saturated heterocycles. The molecule has 5 nitrogen and oxygen atoms in total. The maximum atomic E-state index is 5.28. The predicted molar refractivity (Wildman–Crippen MR) is 74.4 cm³/mol. The molecule has 2 atom stereocenters. The molecule has 2 bridgehead atoms. The van der Waals surface area contributed by atoms with Crippen LogP contribution in [-0.4, -0.2) is 67.7 Å². The van der Waals surface area contributed by atoms with Crippen molar-refractivity contribution >= 4 is 0 Å². The number of fused-ring (bicyclic) bond motifs is 3. The highest BCUT2D eigenvalue weighted by Crippen LogP contribution is 2.28. The summed E-state index contributed by atoms with van der Waals surface area (Å²) < 4.78 is 5.28. The van der Waals surface area contributed by atoms with Crippen molar-refractivity contribution in [3.8, 4) is 5.75 Å². The summed E-state index contributed by atoms with van der Waals surface area (Å²) in [6, 6.07) is 2.93. The van der Waals surface area contributed by atoms with Crippen LogP contribution in [0.15, 0.2) is 18.5 Å². The monoisotopic (exact) mass is 262 g/mol. The van der Waals surface area contributed by atoms with Gasteiger partial charge in [0.05, 0.1) is 19.3 Å². The second-order valence-electron chi connectivity index (χ2n) is 5.33. The minimum absolute atomic E-state index is 0.311. The smallest absolute Gasteiger partial charge is 0.137 e. The molecule has 0 saturated carbocycles. The van der Waals surface area contributed by atoms with Crippen LogP contribution in [0.1, 0.15) is 11.6 Å². The molecule has 4 heterocycles. The Bertz CT molecular complexity index is 431. The second kappa shape index (κ2) is 5.45. The first-order valence-electron chi connectivity index (χ1n) is 6.94. The molecule has 3 fully saturated rings. The number of aromatic nitrogens is 1. The molecule has 0 aliphatic carbocycles. The molecule has 0 spiro atoms. The zero-order chi connectivity index (χ0) is 13.2. The summed E-state index contributed by atoms with van der Waals surface area (Å²) >= 11 is 0. The van der Waals surface area contributed by atoms with Crippen molar-refractivity contribution < 1.29 is 4.74 Å². The fraction of sp³-hybridized carbons (Fsp3) is 0.643. The van der Waals surface area contributed by atoms with Crippen LogP contribution < -0.4 is 10.1 Å². The molecule has 0 aromatic carbocycles. The first-order valence-corrected chi connectivity index (χ1v) is 6.94. The van der Waals surface area contributed by atoms with Crippen LogP contribution in [0.3, 0.4) is 0 Å². The van der Waals surface area contributed by atoms with Crippen molar-refractivity contribution in [3.05, 3.63) is 24.0 Å². The molecule has 3 aliphatic heterocycles. The highest BCUT2D eigenvalue weighted by Gasteiger charge is 2.36. The van der Waals surface area contributed by atoms with Crippen LogP contribution in [0, 0.1) is 0 Å². The van der Waals surface area contributed by atoms with Crippen LogP contribution >= 0.6 is 0 Å². The standard InChI is InChI=1S/C14H22N4O/c1-15-14(11-7-12(19-2)9-16-8-11)13-10-17-3-5-18(13)6-4-17/h7-9,13-15H,3-6,10H2,1-2H3. The van der Waals surface area contributed by atoms with Gasteiger partial charge in [-0.3, -0.25) is 14.8 Å². The van der Waals surface area contributed by atoms with Crippen LogP contribution in [0.5, 0.6) is 5.75 Å². The summed E-state index contributed by atoms with van der Waals surface area (Å²) in [7, 11) is 3.72. The van der Waals surface area contributed by atoms with Gasteiger partial charge < -0.3 is 10.1 Å². The summed E-state index contributed by atoms with van der Waals surface area (Å²) in [5.74, 6) is 0.828. The Kier molecular flexibility index (Phi) is 3.68. The van der Waals surface area contributed by atoms with E-state index in [2.05, 4.69) is 26.2 Å². The molecule has 1 N–H and O–H groups in total. The topological polar surface area (TPSA) is 40.6 Å². The highest BCUT2D eigenvalue weighted by atomic mass is 16.5. The third kappa shape index (κ3) is 2.45. The molecule has 1 aromatic rings. The average molecular weight is 262 g/mol. The molecule has 4 rings (SSSR count). The fourth-order valence-electron chi connectivity index (χ4n) is 3.27. The van der Waals surface area contributed by atoms with Gasteiger partial charge in [-0.1, -0.05) is 0 Å². The number of hydrogen-bond acceptors (Lipinski definition) is 5. The zero-order valence-corrected chi connectivity index (χ0v) is 11.7. The molecular formula is C14H22N4O. The maximum Gasteiger partial charge on any atom is 0.137 e. The van der Waals surface area contributed by atoms with E-state index in [4.69, 9.17) is 4.74 Å². The van der Waals surface area contributed by atoms with E-state index in [9.17, 15) is 0 Å². The van der Waals surface area contributed by atoms with Gasteiger partial charge in [0.25, 0.3) is 0 Å². The van der Waals surface area contributed by atoms with Gasteiger partial charge in [0, 0.05) is 45.0 Å². The first kappa shape index (κ1) is 12.8. The molecule has 0 amide bonds. The number of rotatable bonds is 4. The third-order valence-electron chi connectivity index (χ3n) is 4.35. The minimum atomic E-state index is 0.311. The van der Waals surface area contributed by atoms with Crippen molar-refractivity contribution in [3.63, 3.8) is 0 Å². The summed E-state index contributed by atoms with van der Waals surface area (Å²) in [6.07, 6.45) is 3.70. The molecule has 104 valence electrons. The SMILES string of the molecule is CNC(c1cncc(OC)c1)C1CN2CCN1CC2. The predicted octanol–water partition coefficient (Wildman–Crippen LogP) is 0.351. The highest BCUT2D eigenvalue weighted by molar-refractivity contribution is 5.27. The fourth-order valence-corrected chi connectivity index (χ4v) is 3.27. The van der Waals surface area contributed by atoms with E-state index < -0.39 is 0 Å². The van der Waals surface area contributed by atoms with Crippen molar-refractivity contribution in [2.75, 3.05) is 46.9 Å². The van der Waals surface area contributed by atoms with Gasteiger partial charge in [0.2, 0.25) is 0 Å². The lowest BCUT2D eigenvalue weighted by atomic mass is 9.95. The van der Waals surface area contributed by atoms with Gasteiger partial charge >= 0.3 is 0 Å². The number of methoxy groups -OCH3 is 1. The van der Waals surface area contributed by atoms with Crippen LogP contribution in [0.2, 0.25) is 0 Å². The Balaban J connectivity index is 1.83. The summed E-state index contributed by atoms with van der Waals surface area (Å²) in [6.45, 7) is 5.93. The first-order chi connectivity index (χ1) is 9.31. The molecule has 5 heteroatoms. The van der Waals surface area contributed by atoms with E-state index in [1.165, 1.54) is 31.7 Å². The zero-order valence-electron chi connectivity index (χ0n) is 11.7. The van der Waals surface area contributed by atoms with E-state index in [1.54, 1.807) is 13.3 Å². The van der Waals surface area contributed by atoms with Gasteiger partial charge in [-0.05, 0) is 18.7 Å². The van der Waals surface area contributed by atoms with Crippen molar-refractivity contribution in [2.24, 2.45) is 0 Å². The molecule has 19 heavy (non-hydrogen) atoms. The molecule has 1 aromatic heterocycles. The molecular weight excluding hydrogens is 240 g/mol. The summed E-state index contributed by atoms with van der Waals surface area (Å²) in [5.41, 5.74) is 1.21. The van der Waals surface area contributed by atoms with E-state index in [0.29, 0.717) is 12.1 Å². The van der Waals surface area contributed by atoms with Crippen LogP contribution in [-0.2, 0) is 0 Å². The van der Waals surface area contributed by atoms with Gasteiger partial charge in [0.15, 0.2) is 0 Å². The number of ether oxygens (including phenoxy) is 1. The largest absolute Gasteiger partial charge is 0.495 e. The number of pyridine rings is 1. The Morgan fingerprint density at radius 3 is 2.68 bits per heavy atom. The lowest BCUT2D eigenvalue weighted by Crippen LogP contribution is -2.63. The van der Waals surface area contributed by atoms with Gasteiger partial charge in [-0.15, -0.1) is 0 Å². The summed E-state index contributed by atoms with van der Waals surface area (Å²) in [5, 5.41) is 3.46. The Morgan fingerprint density at radius 1 is 1.32 bits per heavy atom. The number of hydrogen-bond donors (Lipinski definition) is 1. The quantitative estimate of drug-likeness (QED) is 0.848. The lowest BCUT2D eigenvalue weighted by Gasteiger charge is -2.50. The summed E-state index contributed by atoms with van der Waals surface area (Å²) in [4.78, 5) is 9.44. The number of piperazine rings is 3. The lowest BCUT2D eigenvalue weighted by molar-refractivity contribution is -0.00261. The van der Waals surface area contributed by atoms with Crippen LogP contribution in [0.4, 0.5) is 0 Å². The normalized spacial score (nSPS) is 31.2. The van der Waals surface area contributed by atoms with Crippen molar-refractivity contribution in [1.82, 2.24) is 20.1 Å². The maximum absolute atomic E-state index is 5.28.